The van der Waals surface area contributed by atoms with Crippen molar-refractivity contribution in [3.63, 3.8) is 0 Å². The monoisotopic (exact) mass is 231 g/mol. The van der Waals surface area contributed by atoms with Crippen molar-refractivity contribution in [2.45, 2.75) is 19.4 Å². The number of rotatable bonds is 3. The van der Waals surface area contributed by atoms with E-state index in [4.69, 9.17) is 22.6 Å². The molecule has 0 spiro atoms. The van der Waals surface area contributed by atoms with Crippen molar-refractivity contribution in [3.05, 3.63) is 28.0 Å². The lowest BCUT2D eigenvalue weighted by Gasteiger charge is -2.10. The standard InChI is InChI=1S/C9H8ClF2N3/c10-8-5(3-14)7(1-2-13)15-4-6(8)9(11)12/h4,9H,1,3,14H2. The summed E-state index contributed by atoms with van der Waals surface area (Å²) in [5.41, 5.74) is 5.70. The van der Waals surface area contributed by atoms with E-state index in [0.29, 0.717) is 11.3 Å². The van der Waals surface area contributed by atoms with E-state index in [-0.39, 0.29) is 23.6 Å². The van der Waals surface area contributed by atoms with Gasteiger partial charge in [-0.05, 0) is 0 Å². The van der Waals surface area contributed by atoms with Crippen LogP contribution in [0, 0.1) is 11.3 Å². The van der Waals surface area contributed by atoms with Gasteiger partial charge in [0, 0.05) is 18.3 Å². The van der Waals surface area contributed by atoms with Crippen molar-refractivity contribution in [2.24, 2.45) is 5.73 Å². The van der Waals surface area contributed by atoms with Crippen molar-refractivity contribution >= 4 is 11.6 Å². The molecule has 0 saturated heterocycles. The van der Waals surface area contributed by atoms with Crippen LogP contribution in [0.2, 0.25) is 5.02 Å². The number of pyridine rings is 1. The highest BCUT2D eigenvalue weighted by molar-refractivity contribution is 6.32. The molecule has 0 aliphatic heterocycles. The van der Waals surface area contributed by atoms with Gasteiger partial charge in [-0.25, -0.2) is 8.78 Å². The molecule has 0 fully saturated rings. The highest BCUT2D eigenvalue weighted by Gasteiger charge is 2.17. The van der Waals surface area contributed by atoms with Crippen LogP contribution < -0.4 is 5.73 Å². The van der Waals surface area contributed by atoms with Gasteiger partial charge in [0.05, 0.1) is 28.8 Å². The van der Waals surface area contributed by atoms with Gasteiger partial charge in [-0.2, -0.15) is 5.26 Å². The molecule has 1 aromatic heterocycles. The van der Waals surface area contributed by atoms with Gasteiger partial charge >= 0.3 is 0 Å². The molecule has 0 radical (unpaired) electrons. The molecule has 0 saturated carbocycles. The lowest BCUT2D eigenvalue weighted by molar-refractivity contribution is 0.151. The Kier molecular flexibility index (Phi) is 3.95. The minimum atomic E-state index is -2.69. The van der Waals surface area contributed by atoms with Crippen molar-refractivity contribution in [1.82, 2.24) is 4.98 Å². The molecule has 0 unspecified atom stereocenters. The first kappa shape index (κ1) is 11.8. The van der Waals surface area contributed by atoms with Crippen molar-refractivity contribution in [1.29, 1.82) is 5.26 Å². The number of nitrogens with zero attached hydrogens (tertiary/aromatic N) is 2. The number of hydrogen-bond acceptors (Lipinski definition) is 3. The Balaban J connectivity index is 3.27. The van der Waals surface area contributed by atoms with E-state index in [1.165, 1.54) is 0 Å². The molecule has 3 nitrogen and oxygen atoms in total. The van der Waals surface area contributed by atoms with Crippen LogP contribution in [0.3, 0.4) is 0 Å². The van der Waals surface area contributed by atoms with Crippen molar-refractivity contribution < 1.29 is 8.78 Å². The SMILES string of the molecule is N#CCc1ncc(C(F)F)c(Cl)c1CN. The van der Waals surface area contributed by atoms with E-state index >= 15 is 0 Å². The normalized spacial score (nSPS) is 10.4. The number of aromatic nitrogens is 1. The average molecular weight is 232 g/mol. The second-order valence-corrected chi connectivity index (χ2v) is 3.17. The third-order valence-electron chi connectivity index (χ3n) is 1.91. The van der Waals surface area contributed by atoms with Gasteiger partial charge in [0.25, 0.3) is 6.43 Å². The fraction of sp³-hybridized carbons (Fsp3) is 0.333. The molecule has 0 atom stereocenters. The maximum atomic E-state index is 12.4. The second kappa shape index (κ2) is 5.01. The van der Waals surface area contributed by atoms with Crippen molar-refractivity contribution in [3.8, 4) is 6.07 Å². The number of halogens is 3. The molecule has 15 heavy (non-hydrogen) atoms. The van der Waals surface area contributed by atoms with E-state index in [0.717, 1.165) is 6.20 Å². The predicted octanol–water partition coefficient (Wildman–Crippen LogP) is 2.20. The molecule has 0 amide bonds. The summed E-state index contributed by atoms with van der Waals surface area (Å²) >= 11 is 5.74. The van der Waals surface area contributed by atoms with Crippen LogP contribution in [0.4, 0.5) is 8.78 Å². The Morgan fingerprint density at radius 2 is 2.27 bits per heavy atom. The molecule has 2 N–H and O–H groups in total. The Bertz CT molecular complexity index is 401. The smallest absolute Gasteiger partial charge is 0.266 e. The summed E-state index contributed by atoms with van der Waals surface area (Å²) in [6.07, 6.45) is -1.69. The number of hydrogen-bond donors (Lipinski definition) is 1. The van der Waals surface area contributed by atoms with Gasteiger partial charge in [0.2, 0.25) is 0 Å². The van der Waals surface area contributed by atoms with Crippen LogP contribution in [0.5, 0.6) is 0 Å². The molecule has 0 aliphatic carbocycles. The van der Waals surface area contributed by atoms with E-state index in [1.54, 1.807) is 0 Å². The van der Waals surface area contributed by atoms with Gasteiger partial charge in [-0.1, -0.05) is 11.6 Å². The van der Waals surface area contributed by atoms with Crippen LogP contribution >= 0.6 is 11.6 Å². The van der Waals surface area contributed by atoms with Crippen LogP contribution in [0.1, 0.15) is 23.2 Å². The van der Waals surface area contributed by atoms with Crippen molar-refractivity contribution in [2.75, 3.05) is 0 Å². The molecule has 1 aromatic rings. The minimum absolute atomic E-state index is 0.00969. The Hall–Kier alpha value is -1.25. The quantitative estimate of drug-likeness (QED) is 0.867. The third-order valence-corrected chi connectivity index (χ3v) is 2.36. The fourth-order valence-corrected chi connectivity index (χ4v) is 1.49. The molecule has 0 aliphatic rings. The van der Waals surface area contributed by atoms with Gasteiger partial charge in [-0.15, -0.1) is 0 Å². The molecule has 80 valence electrons. The second-order valence-electron chi connectivity index (χ2n) is 2.79. The highest BCUT2D eigenvalue weighted by atomic mass is 35.5. The Morgan fingerprint density at radius 3 is 2.73 bits per heavy atom. The van der Waals surface area contributed by atoms with Gasteiger partial charge in [-0.3, -0.25) is 4.98 Å². The average Bonchev–Trinajstić information content (AvgIpc) is 2.18. The summed E-state index contributed by atoms with van der Waals surface area (Å²) in [6.45, 7) is -0.0105. The van der Waals surface area contributed by atoms with Gasteiger partial charge < -0.3 is 5.73 Å². The van der Waals surface area contributed by atoms with Crippen LogP contribution in [0.25, 0.3) is 0 Å². The summed E-state index contributed by atoms with van der Waals surface area (Å²) < 4.78 is 24.9. The topological polar surface area (TPSA) is 62.7 Å². The lowest BCUT2D eigenvalue weighted by atomic mass is 10.1. The zero-order valence-corrected chi connectivity index (χ0v) is 8.43. The first-order chi connectivity index (χ1) is 7.11. The first-order valence-electron chi connectivity index (χ1n) is 4.13. The van der Waals surface area contributed by atoms with Gasteiger partial charge in [0.1, 0.15) is 0 Å². The largest absolute Gasteiger partial charge is 0.326 e. The maximum Gasteiger partial charge on any atom is 0.266 e. The zero-order valence-electron chi connectivity index (χ0n) is 7.67. The van der Waals surface area contributed by atoms with Gasteiger partial charge in [0.15, 0.2) is 0 Å². The van der Waals surface area contributed by atoms with Crippen LogP contribution in [0.15, 0.2) is 6.20 Å². The number of alkyl halides is 2. The van der Waals surface area contributed by atoms with E-state index in [9.17, 15) is 8.78 Å². The maximum absolute atomic E-state index is 12.4. The summed E-state index contributed by atoms with van der Waals surface area (Å²) in [4.78, 5) is 3.75. The zero-order chi connectivity index (χ0) is 11.4. The molecule has 1 rings (SSSR count). The van der Waals surface area contributed by atoms with E-state index in [1.807, 2.05) is 6.07 Å². The predicted molar refractivity (Wildman–Crippen MR) is 51.4 cm³/mol. The van der Waals surface area contributed by atoms with Crippen LogP contribution in [-0.2, 0) is 13.0 Å². The van der Waals surface area contributed by atoms with Crippen LogP contribution in [-0.4, -0.2) is 4.98 Å². The molecule has 0 bridgehead atoms. The summed E-state index contributed by atoms with van der Waals surface area (Å²) in [6, 6.07) is 1.87. The van der Waals surface area contributed by atoms with E-state index in [2.05, 4.69) is 4.98 Å². The first-order valence-corrected chi connectivity index (χ1v) is 4.51. The minimum Gasteiger partial charge on any atom is -0.326 e. The third kappa shape index (κ3) is 2.41. The molecular weight excluding hydrogens is 224 g/mol. The lowest BCUT2D eigenvalue weighted by Crippen LogP contribution is -2.07. The highest BCUT2D eigenvalue weighted by Crippen LogP contribution is 2.30. The molecule has 6 heteroatoms. The summed E-state index contributed by atoms with van der Waals surface area (Å²) in [5.74, 6) is 0. The number of nitriles is 1. The fourth-order valence-electron chi connectivity index (χ4n) is 1.17. The summed E-state index contributed by atoms with van der Waals surface area (Å²) in [7, 11) is 0. The molecule has 1 heterocycles. The Labute approximate surface area is 90.5 Å². The summed E-state index contributed by atoms with van der Waals surface area (Å²) in [5, 5.41) is 8.40. The Morgan fingerprint density at radius 1 is 1.60 bits per heavy atom. The van der Waals surface area contributed by atoms with E-state index < -0.39 is 6.43 Å². The molecular formula is C9H8ClF2N3. The molecule has 0 aromatic carbocycles. The number of nitrogens with two attached hydrogens (primary N) is 1.